The van der Waals surface area contributed by atoms with Gasteiger partial charge >= 0.3 is 5.97 Å². The van der Waals surface area contributed by atoms with Crippen LogP contribution in [0.15, 0.2) is 0 Å². The Hall–Kier alpha value is -0.393. The van der Waals surface area contributed by atoms with Gasteiger partial charge in [0.25, 0.3) is 0 Å². The quantitative estimate of drug-likeness (QED) is 0.424. The molecule has 0 spiro atoms. The standard InChI is InChI=1S/C15H33NO3Si/c1-8-9-10-18-14(17)13(11-16)12(2)19-20(6,7)15(3,4)5/h12-13H,8-11,16H2,1-7H3/t12-,13+/m1/s1. The molecule has 4 nitrogen and oxygen atoms in total. The molecule has 0 aromatic rings. The summed E-state index contributed by atoms with van der Waals surface area (Å²) in [5.74, 6) is -0.604. The molecule has 0 bridgehead atoms. The van der Waals surface area contributed by atoms with Crippen LogP contribution in [0.4, 0.5) is 0 Å². The van der Waals surface area contributed by atoms with Gasteiger partial charge in [-0.2, -0.15) is 0 Å². The number of hydrogen-bond acceptors (Lipinski definition) is 4. The SMILES string of the molecule is CCCCOC(=O)[C@@H](CN)[C@@H](C)O[Si](C)(C)C(C)(C)C. The van der Waals surface area contributed by atoms with Gasteiger partial charge in [-0.1, -0.05) is 34.1 Å². The lowest BCUT2D eigenvalue weighted by Crippen LogP contribution is -2.47. The van der Waals surface area contributed by atoms with Crippen molar-refractivity contribution in [2.75, 3.05) is 13.2 Å². The average molecular weight is 304 g/mol. The first-order valence-electron chi connectivity index (χ1n) is 7.61. The molecule has 0 saturated carbocycles. The third kappa shape index (κ3) is 5.93. The molecule has 5 heteroatoms. The number of esters is 1. The van der Waals surface area contributed by atoms with Crippen LogP contribution in [0.1, 0.15) is 47.5 Å². The fourth-order valence-electron chi connectivity index (χ4n) is 1.63. The predicted octanol–water partition coefficient (Wildman–Crippen LogP) is 3.31. The van der Waals surface area contributed by atoms with Crippen molar-refractivity contribution in [2.45, 2.75) is 71.7 Å². The van der Waals surface area contributed by atoms with Crippen LogP contribution in [0, 0.1) is 5.92 Å². The number of unbranched alkanes of at least 4 members (excludes halogenated alkanes) is 1. The molecule has 0 unspecified atom stereocenters. The predicted molar refractivity (Wildman–Crippen MR) is 86.2 cm³/mol. The molecule has 120 valence electrons. The summed E-state index contributed by atoms with van der Waals surface area (Å²) in [7, 11) is -1.89. The monoisotopic (exact) mass is 303 g/mol. The van der Waals surface area contributed by atoms with Gasteiger partial charge in [-0.15, -0.1) is 0 Å². The first kappa shape index (κ1) is 19.6. The summed E-state index contributed by atoms with van der Waals surface area (Å²) in [6, 6.07) is 0. The minimum atomic E-state index is -1.89. The summed E-state index contributed by atoms with van der Waals surface area (Å²) in [5, 5.41) is 0.118. The highest BCUT2D eigenvalue weighted by Gasteiger charge is 2.40. The van der Waals surface area contributed by atoms with Gasteiger partial charge in [0.2, 0.25) is 0 Å². The Morgan fingerprint density at radius 1 is 1.30 bits per heavy atom. The van der Waals surface area contributed by atoms with Gasteiger partial charge in [0.05, 0.1) is 18.6 Å². The zero-order valence-electron chi connectivity index (χ0n) is 14.3. The van der Waals surface area contributed by atoms with Crippen molar-refractivity contribution in [3.05, 3.63) is 0 Å². The second-order valence-corrected chi connectivity index (χ2v) is 11.7. The molecule has 0 aromatic heterocycles. The van der Waals surface area contributed by atoms with Crippen molar-refractivity contribution in [2.24, 2.45) is 11.7 Å². The van der Waals surface area contributed by atoms with E-state index in [1.165, 1.54) is 0 Å². The first-order chi connectivity index (χ1) is 9.06. The summed E-state index contributed by atoms with van der Waals surface area (Å²) < 4.78 is 11.5. The maximum absolute atomic E-state index is 12.1. The van der Waals surface area contributed by atoms with E-state index in [0.29, 0.717) is 6.61 Å². The van der Waals surface area contributed by atoms with Crippen LogP contribution in [-0.2, 0) is 14.0 Å². The molecule has 0 radical (unpaired) electrons. The van der Waals surface area contributed by atoms with Crippen molar-refractivity contribution in [1.82, 2.24) is 0 Å². The van der Waals surface area contributed by atoms with E-state index in [4.69, 9.17) is 14.9 Å². The maximum atomic E-state index is 12.1. The number of carbonyl (C=O) groups is 1. The van der Waals surface area contributed by atoms with E-state index in [-0.39, 0.29) is 29.6 Å². The summed E-state index contributed by atoms with van der Waals surface area (Å²) in [6.45, 7) is 15.6. The molecule has 0 aromatic carbocycles. The van der Waals surface area contributed by atoms with Crippen LogP contribution in [0.3, 0.4) is 0 Å². The lowest BCUT2D eigenvalue weighted by atomic mass is 10.1. The van der Waals surface area contributed by atoms with Crippen molar-refractivity contribution < 1.29 is 14.0 Å². The smallest absolute Gasteiger partial charge is 0.312 e. The van der Waals surface area contributed by atoms with E-state index in [1.807, 2.05) is 6.92 Å². The molecule has 0 heterocycles. The Balaban J connectivity index is 4.62. The van der Waals surface area contributed by atoms with Gasteiger partial charge in [0.1, 0.15) is 0 Å². The van der Waals surface area contributed by atoms with Gasteiger partial charge in [-0.05, 0) is 31.5 Å². The largest absolute Gasteiger partial charge is 0.465 e. The van der Waals surface area contributed by atoms with Crippen LogP contribution in [0.5, 0.6) is 0 Å². The summed E-state index contributed by atoms with van der Waals surface area (Å²) in [4.78, 5) is 12.1. The molecular weight excluding hydrogens is 270 g/mol. The maximum Gasteiger partial charge on any atom is 0.312 e. The number of carbonyl (C=O) groups excluding carboxylic acids is 1. The highest BCUT2D eigenvalue weighted by molar-refractivity contribution is 6.74. The van der Waals surface area contributed by atoms with E-state index in [9.17, 15) is 4.79 Å². The lowest BCUT2D eigenvalue weighted by Gasteiger charge is -2.39. The molecule has 0 aliphatic heterocycles. The lowest BCUT2D eigenvalue weighted by molar-refractivity contribution is -0.151. The van der Waals surface area contributed by atoms with Crippen molar-refractivity contribution in [3.63, 3.8) is 0 Å². The second-order valence-electron chi connectivity index (χ2n) is 6.95. The molecule has 0 saturated heterocycles. The molecule has 0 aliphatic rings. The minimum absolute atomic E-state index is 0.118. The summed E-state index contributed by atoms with van der Waals surface area (Å²) >= 11 is 0. The average Bonchev–Trinajstić information content (AvgIpc) is 2.27. The van der Waals surface area contributed by atoms with E-state index < -0.39 is 8.32 Å². The first-order valence-corrected chi connectivity index (χ1v) is 10.5. The molecule has 0 fully saturated rings. The fraction of sp³-hybridized carbons (Fsp3) is 0.933. The number of hydrogen-bond donors (Lipinski definition) is 1. The van der Waals surface area contributed by atoms with Crippen molar-refractivity contribution in [1.29, 1.82) is 0 Å². The number of ether oxygens (including phenoxy) is 1. The fourth-order valence-corrected chi connectivity index (χ4v) is 3.07. The Bertz CT molecular complexity index is 300. The van der Waals surface area contributed by atoms with Crippen LogP contribution >= 0.6 is 0 Å². The van der Waals surface area contributed by atoms with E-state index in [2.05, 4.69) is 40.8 Å². The van der Waals surface area contributed by atoms with E-state index in [0.717, 1.165) is 12.8 Å². The summed E-state index contributed by atoms with van der Waals surface area (Å²) in [5.41, 5.74) is 5.74. The highest BCUT2D eigenvalue weighted by atomic mass is 28.4. The highest BCUT2D eigenvalue weighted by Crippen LogP contribution is 2.38. The Kier molecular flexibility index (Phi) is 7.99. The van der Waals surface area contributed by atoms with Crippen molar-refractivity contribution in [3.8, 4) is 0 Å². The van der Waals surface area contributed by atoms with E-state index in [1.54, 1.807) is 0 Å². The Morgan fingerprint density at radius 3 is 2.25 bits per heavy atom. The number of rotatable bonds is 8. The second kappa shape index (κ2) is 8.15. The normalized spacial score (nSPS) is 15.8. The van der Waals surface area contributed by atoms with Gasteiger partial charge in [0, 0.05) is 6.54 Å². The van der Waals surface area contributed by atoms with Crippen LogP contribution < -0.4 is 5.73 Å². The Morgan fingerprint density at radius 2 is 1.85 bits per heavy atom. The molecule has 2 N–H and O–H groups in total. The van der Waals surface area contributed by atoms with Crippen LogP contribution in [0.2, 0.25) is 18.1 Å². The molecular formula is C15H33NO3Si. The van der Waals surface area contributed by atoms with Gasteiger partial charge in [0.15, 0.2) is 8.32 Å². The van der Waals surface area contributed by atoms with Crippen molar-refractivity contribution >= 4 is 14.3 Å². The summed E-state index contributed by atoms with van der Waals surface area (Å²) in [6.07, 6.45) is 1.70. The Labute approximate surface area is 125 Å². The van der Waals surface area contributed by atoms with E-state index >= 15 is 0 Å². The van der Waals surface area contributed by atoms with Gasteiger partial charge in [-0.3, -0.25) is 4.79 Å². The molecule has 0 aliphatic carbocycles. The topological polar surface area (TPSA) is 61.5 Å². The zero-order chi connectivity index (χ0) is 16.0. The van der Waals surface area contributed by atoms with Gasteiger partial charge in [-0.25, -0.2) is 0 Å². The minimum Gasteiger partial charge on any atom is -0.465 e. The molecule has 0 amide bonds. The van der Waals surface area contributed by atoms with Crippen LogP contribution in [0.25, 0.3) is 0 Å². The van der Waals surface area contributed by atoms with Crippen LogP contribution in [-0.4, -0.2) is 33.5 Å². The van der Waals surface area contributed by atoms with Gasteiger partial charge < -0.3 is 14.9 Å². The zero-order valence-corrected chi connectivity index (χ0v) is 15.3. The third-order valence-corrected chi connectivity index (χ3v) is 8.73. The molecule has 20 heavy (non-hydrogen) atoms. The number of nitrogens with two attached hydrogens (primary N) is 1. The molecule has 2 atom stereocenters. The third-order valence-electron chi connectivity index (χ3n) is 4.15. The molecule has 0 rings (SSSR count).